The molecule has 0 atom stereocenters. The molecule has 0 aliphatic rings. The number of carbonyl (C=O) groups is 1. The Kier molecular flexibility index (Phi) is 3.80. The van der Waals surface area contributed by atoms with Gasteiger partial charge in [0.25, 0.3) is 0 Å². The maximum Gasteiger partial charge on any atom is 0.337 e. The number of hydrogen-bond donors (Lipinski definition) is 2. The molecule has 2 N–H and O–H groups in total. The summed E-state index contributed by atoms with van der Waals surface area (Å²) in [6.07, 6.45) is 0. The molecule has 19 heavy (non-hydrogen) atoms. The Balaban J connectivity index is 2.42. The van der Waals surface area contributed by atoms with Gasteiger partial charge in [0.1, 0.15) is 11.6 Å². The third kappa shape index (κ3) is 2.90. The number of anilines is 2. The van der Waals surface area contributed by atoms with Gasteiger partial charge in [-0.2, -0.15) is 0 Å². The molecule has 2 rings (SSSR count). The zero-order chi connectivity index (χ0) is 14.0. The Hall–Kier alpha value is -1.95. The van der Waals surface area contributed by atoms with E-state index in [1.165, 1.54) is 18.2 Å². The van der Waals surface area contributed by atoms with Gasteiger partial charge in [0.05, 0.1) is 21.4 Å². The van der Waals surface area contributed by atoms with Crippen molar-refractivity contribution in [3.63, 3.8) is 0 Å². The monoisotopic (exact) mass is 327 g/mol. The highest BCUT2D eigenvalue weighted by Gasteiger charge is 2.12. The maximum atomic E-state index is 13.6. The first-order chi connectivity index (χ1) is 8.99. The molecule has 0 fully saturated rings. The number of nitrogens with one attached hydrogen (secondary N) is 1. The average Bonchev–Trinajstić information content (AvgIpc) is 2.36. The summed E-state index contributed by atoms with van der Waals surface area (Å²) in [4.78, 5) is 11.0. The lowest BCUT2D eigenvalue weighted by Crippen LogP contribution is -2.03. The molecule has 98 valence electrons. The molecule has 0 saturated heterocycles. The highest BCUT2D eigenvalue weighted by atomic mass is 79.9. The summed E-state index contributed by atoms with van der Waals surface area (Å²) in [5.41, 5.74) is 0.219. The van der Waals surface area contributed by atoms with Crippen molar-refractivity contribution in [3.8, 4) is 0 Å². The largest absolute Gasteiger partial charge is 0.478 e. The number of halogens is 3. The first-order valence-corrected chi connectivity index (χ1v) is 6.02. The minimum absolute atomic E-state index is 0.00217. The van der Waals surface area contributed by atoms with E-state index in [-0.39, 0.29) is 21.4 Å². The number of aromatic carboxylic acids is 1. The first kappa shape index (κ1) is 13.5. The number of carboxylic acids is 1. The van der Waals surface area contributed by atoms with E-state index < -0.39 is 17.6 Å². The zero-order valence-corrected chi connectivity index (χ0v) is 11.0. The van der Waals surface area contributed by atoms with E-state index >= 15 is 0 Å². The van der Waals surface area contributed by atoms with Crippen molar-refractivity contribution in [1.29, 1.82) is 0 Å². The number of para-hydroxylation sites is 1. The molecule has 6 heteroatoms. The molecular formula is C13H8BrF2NO2. The van der Waals surface area contributed by atoms with Crippen LogP contribution >= 0.6 is 15.9 Å². The molecule has 0 aliphatic heterocycles. The lowest BCUT2D eigenvalue weighted by atomic mass is 10.1. The Morgan fingerprint density at radius 3 is 2.47 bits per heavy atom. The molecule has 2 aromatic carbocycles. The van der Waals surface area contributed by atoms with Crippen molar-refractivity contribution >= 4 is 33.3 Å². The third-order valence-corrected chi connectivity index (χ3v) is 3.04. The van der Waals surface area contributed by atoms with Crippen LogP contribution in [0, 0.1) is 11.6 Å². The summed E-state index contributed by atoms with van der Waals surface area (Å²) in [6.45, 7) is 0. The van der Waals surface area contributed by atoms with Gasteiger partial charge in [-0.25, -0.2) is 13.6 Å². The molecular weight excluding hydrogens is 320 g/mol. The highest BCUT2D eigenvalue weighted by Crippen LogP contribution is 2.27. The van der Waals surface area contributed by atoms with E-state index in [2.05, 4.69) is 21.2 Å². The fourth-order valence-electron chi connectivity index (χ4n) is 1.54. The highest BCUT2D eigenvalue weighted by molar-refractivity contribution is 9.10. The summed E-state index contributed by atoms with van der Waals surface area (Å²) in [6, 6.07) is 8.00. The number of benzene rings is 2. The van der Waals surface area contributed by atoms with Crippen LogP contribution in [-0.2, 0) is 0 Å². The smallest absolute Gasteiger partial charge is 0.337 e. The van der Waals surface area contributed by atoms with Crippen LogP contribution in [0.25, 0.3) is 0 Å². The number of rotatable bonds is 3. The quantitative estimate of drug-likeness (QED) is 0.832. The molecule has 0 unspecified atom stereocenters. The van der Waals surface area contributed by atoms with Gasteiger partial charge in [-0.1, -0.05) is 12.1 Å². The molecule has 0 aliphatic carbocycles. The van der Waals surface area contributed by atoms with Crippen molar-refractivity contribution in [2.75, 3.05) is 5.32 Å². The summed E-state index contributed by atoms with van der Waals surface area (Å²) < 4.78 is 26.8. The van der Waals surface area contributed by atoms with Crippen LogP contribution in [-0.4, -0.2) is 11.1 Å². The Morgan fingerprint density at radius 2 is 1.79 bits per heavy atom. The molecule has 0 bridgehead atoms. The zero-order valence-electron chi connectivity index (χ0n) is 9.45. The van der Waals surface area contributed by atoms with Crippen LogP contribution < -0.4 is 5.32 Å². The second kappa shape index (κ2) is 5.36. The Bertz CT molecular complexity index is 647. The average molecular weight is 328 g/mol. The van der Waals surface area contributed by atoms with E-state index in [0.717, 1.165) is 6.07 Å². The topological polar surface area (TPSA) is 49.3 Å². The van der Waals surface area contributed by atoms with Gasteiger partial charge in [-0.05, 0) is 34.1 Å². The molecule has 0 saturated carbocycles. The van der Waals surface area contributed by atoms with Crippen molar-refractivity contribution in [1.82, 2.24) is 0 Å². The van der Waals surface area contributed by atoms with E-state index in [9.17, 15) is 13.6 Å². The summed E-state index contributed by atoms with van der Waals surface area (Å²) in [5, 5.41) is 11.6. The van der Waals surface area contributed by atoms with Gasteiger partial charge >= 0.3 is 5.97 Å². The molecule has 2 aromatic rings. The molecule has 0 radical (unpaired) electrons. The normalized spacial score (nSPS) is 10.3. The van der Waals surface area contributed by atoms with E-state index in [4.69, 9.17) is 5.11 Å². The van der Waals surface area contributed by atoms with Crippen LogP contribution in [0.4, 0.5) is 20.2 Å². The van der Waals surface area contributed by atoms with Gasteiger partial charge in [0, 0.05) is 6.07 Å². The van der Waals surface area contributed by atoms with E-state index in [1.807, 2.05) is 0 Å². The van der Waals surface area contributed by atoms with Crippen LogP contribution in [0.5, 0.6) is 0 Å². The second-order valence-corrected chi connectivity index (χ2v) is 4.58. The maximum absolute atomic E-state index is 13.6. The van der Waals surface area contributed by atoms with Gasteiger partial charge in [-0.3, -0.25) is 0 Å². The van der Waals surface area contributed by atoms with E-state index in [1.54, 1.807) is 12.1 Å². The van der Waals surface area contributed by atoms with Crippen LogP contribution in [0.15, 0.2) is 40.9 Å². The van der Waals surface area contributed by atoms with E-state index in [0.29, 0.717) is 0 Å². The molecule has 0 heterocycles. The standard InChI is InChI=1S/C13H8BrF2NO2/c14-8-5-12(10(16)6-9(8)15)17-11-4-2-1-3-7(11)13(18)19/h1-6,17H,(H,18,19). The van der Waals surface area contributed by atoms with Crippen molar-refractivity contribution in [2.45, 2.75) is 0 Å². The Labute approximate surface area is 116 Å². The van der Waals surface area contributed by atoms with Crippen molar-refractivity contribution in [3.05, 3.63) is 58.1 Å². The molecule has 3 nitrogen and oxygen atoms in total. The fraction of sp³-hybridized carbons (Fsp3) is 0. The molecule has 0 aromatic heterocycles. The minimum Gasteiger partial charge on any atom is -0.478 e. The molecule has 0 spiro atoms. The van der Waals surface area contributed by atoms with Gasteiger partial charge < -0.3 is 10.4 Å². The van der Waals surface area contributed by atoms with Gasteiger partial charge in [0.15, 0.2) is 0 Å². The van der Waals surface area contributed by atoms with Crippen molar-refractivity contribution < 1.29 is 18.7 Å². The fourth-order valence-corrected chi connectivity index (χ4v) is 1.89. The molecule has 0 amide bonds. The van der Waals surface area contributed by atoms with Gasteiger partial charge in [-0.15, -0.1) is 0 Å². The van der Waals surface area contributed by atoms with Crippen LogP contribution in [0.3, 0.4) is 0 Å². The Morgan fingerprint density at radius 1 is 1.11 bits per heavy atom. The summed E-state index contributed by atoms with van der Waals surface area (Å²) in [5.74, 6) is -2.67. The van der Waals surface area contributed by atoms with Crippen LogP contribution in [0.1, 0.15) is 10.4 Å². The second-order valence-electron chi connectivity index (χ2n) is 3.72. The lowest BCUT2D eigenvalue weighted by molar-refractivity contribution is 0.0698. The SMILES string of the molecule is O=C(O)c1ccccc1Nc1cc(Br)c(F)cc1F. The van der Waals surface area contributed by atoms with Crippen LogP contribution in [0.2, 0.25) is 0 Å². The summed E-state index contributed by atoms with van der Waals surface area (Å²) >= 11 is 2.94. The predicted octanol–water partition coefficient (Wildman–Crippen LogP) is 4.17. The minimum atomic E-state index is -1.13. The number of hydrogen-bond acceptors (Lipinski definition) is 2. The van der Waals surface area contributed by atoms with Gasteiger partial charge in [0.2, 0.25) is 0 Å². The van der Waals surface area contributed by atoms with Crippen molar-refractivity contribution in [2.24, 2.45) is 0 Å². The predicted molar refractivity (Wildman–Crippen MR) is 70.7 cm³/mol. The first-order valence-electron chi connectivity index (χ1n) is 5.23. The lowest BCUT2D eigenvalue weighted by Gasteiger charge is -2.11. The third-order valence-electron chi connectivity index (χ3n) is 2.44. The summed E-state index contributed by atoms with van der Waals surface area (Å²) in [7, 11) is 0. The number of carboxylic acid groups (broad SMARTS) is 1.